The van der Waals surface area contributed by atoms with Crippen LogP contribution in [0.2, 0.25) is 0 Å². The van der Waals surface area contributed by atoms with E-state index in [0.717, 1.165) is 12.8 Å². The van der Waals surface area contributed by atoms with Crippen molar-refractivity contribution in [1.82, 2.24) is 0 Å². The fourth-order valence-electron chi connectivity index (χ4n) is 1.20. The van der Waals surface area contributed by atoms with Gasteiger partial charge in [0.05, 0.1) is 0 Å². The smallest absolute Gasteiger partial charge is 0.0123 e. The van der Waals surface area contributed by atoms with Crippen molar-refractivity contribution in [3.63, 3.8) is 0 Å². The van der Waals surface area contributed by atoms with Gasteiger partial charge in [0.1, 0.15) is 0 Å². The molecule has 0 heterocycles. The number of allylic oxidation sites excluding steroid dienone is 2. The van der Waals surface area contributed by atoms with Crippen LogP contribution < -0.4 is 0 Å². The fraction of sp³-hybridized carbons (Fsp3) is 0.556. The minimum atomic E-state index is 0.922. The second kappa shape index (κ2) is 3.35. The Labute approximate surface area is 57.0 Å². The molecule has 48 valence electrons. The Bertz CT molecular complexity index is 146. The number of rotatable bonds is 2. The van der Waals surface area contributed by atoms with E-state index in [0.29, 0.717) is 0 Å². The first-order valence-corrected chi connectivity index (χ1v) is 3.55. The lowest BCUT2D eigenvalue weighted by Crippen LogP contribution is -1.75. The number of hydrogen-bond acceptors (Lipinski definition) is 0. The van der Waals surface area contributed by atoms with E-state index >= 15 is 0 Å². The number of hydrogen-bond donors (Lipinski definition) is 0. The monoisotopic (exact) mass is 120 g/mol. The summed E-state index contributed by atoms with van der Waals surface area (Å²) in [5.41, 5.74) is 1.58. The normalized spacial score (nSPS) is 17.0. The highest BCUT2D eigenvalue weighted by molar-refractivity contribution is 5.08. The standard InChI is InChI=1S/C9H12/c1-2-3-6-9-7-4-5-8-9/h1,7H,3-6,8H2. The number of terminal acetylenes is 1. The largest absolute Gasteiger partial charge is 0.120 e. The van der Waals surface area contributed by atoms with Gasteiger partial charge in [-0.25, -0.2) is 0 Å². The second-order valence-corrected chi connectivity index (χ2v) is 2.46. The molecule has 0 radical (unpaired) electrons. The Hall–Kier alpha value is -0.700. The lowest BCUT2D eigenvalue weighted by atomic mass is 10.1. The molecule has 0 aromatic carbocycles. The molecule has 1 rings (SSSR count). The van der Waals surface area contributed by atoms with Gasteiger partial charge in [0.2, 0.25) is 0 Å². The van der Waals surface area contributed by atoms with Crippen LogP contribution in [-0.4, -0.2) is 0 Å². The van der Waals surface area contributed by atoms with E-state index in [1.54, 1.807) is 5.57 Å². The molecule has 0 aromatic heterocycles. The van der Waals surface area contributed by atoms with Gasteiger partial charge in [0, 0.05) is 6.42 Å². The van der Waals surface area contributed by atoms with Crippen LogP contribution >= 0.6 is 0 Å². The van der Waals surface area contributed by atoms with E-state index in [-0.39, 0.29) is 0 Å². The van der Waals surface area contributed by atoms with Crippen LogP contribution in [0.25, 0.3) is 0 Å². The summed E-state index contributed by atoms with van der Waals surface area (Å²) in [6, 6.07) is 0. The van der Waals surface area contributed by atoms with E-state index in [9.17, 15) is 0 Å². The van der Waals surface area contributed by atoms with Gasteiger partial charge in [0.25, 0.3) is 0 Å². The van der Waals surface area contributed by atoms with E-state index in [1.165, 1.54) is 19.3 Å². The topological polar surface area (TPSA) is 0 Å². The van der Waals surface area contributed by atoms with Crippen molar-refractivity contribution >= 4 is 0 Å². The van der Waals surface area contributed by atoms with Crippen LogP contribution in [-0.2, 0) is 0 Å². The van der Waals surface area contributed by atoms with Crippen molar-refractivity contribution in [1.29, 1.82) is 0 Å². The van der Waals surface area contributed by atoms with Crippen LogP contribution in [0.1, 0.15) is 32.1 Å². The summed E-state index contributed by atoms with van der Waals surface area (Å²) in [5.74, 6) is 2.65. The average molecular weight is 120 g/mol. The summed E-state index contributed by atoms with van der Waals surface area (Å²) in [6.45, 7) is 0. The Balaban J connectivity index is 2.20. The van der Waals surface area contributed by atoms with Crippen molar-refractivity contribution in [2.45, 2.75) is 32.1 Å². The predicted octanol–water partition coefficient (Wildman–Crippen LogP) is 2.51. The molecule has 9 heavy (non-hydrogen) atoms. The molecule has 0 heteroatoms. The summed E-state index contributed by atoms with van der Waals surface area (Å²) >= 11 is 0. The van der Waals surface area contributed by atoms with Gasteiger partial charge in [0.15, 0.2) is 0 Å². The van der Waals surface area contributed by atoms with E-state index in [1.807, 2.05) is 0 Å². The van der Waals surface area contributed by atoms with E-state index in [2.05, 4.69) is 12.0 Å². The van der Waals surface area contributed by atoms with Gasteiger partial charge in [-0.3, -0.25) is 0 Å². The minimum absolute atomic E-state index is 0.922. The van der Waals surface area contributed by atoms with Gasteiger partial charge in [-0.05, 0) is 25.7 Å². The third kappa shape index (κ3) is 1.93. The minimum Gasteiger partial charge on any atom is -0.120 e. The summed E-state index contributed by atoms with van der Waals surface area (Å²) in [7, 11) is 0. The van der Waals surface area contributed by atoms with Gasteiger partial charge in [-0.2, -0.15) is 0 Å². The molecular weight excluding hydrogens is 108 g/mol. The third-order valence-corrected chi connectivity index (χ3v) is 1.73. The van der Waals surface area contributed by atoms with Gasteiger partial charge < -0.3 is 0 Å². The Morgan fingerprint density at radius 2 is 2.56 bits per heavy atom. The summed E-state index contributed by atoms with van der Waals surface area (Å²) in [6.07, 6.45) is 13.4. The van der Waals surface area contributed by atoms with Gasteiger partial charge in [-0.1, -0.05) is 11.6 Å². The highest BCUT2D eigenvalue weighted by atomic mass is 14.1. The molecule has 0 saturated heterocycles. The zero-order valence-electron chi connectivity index (χ0n) is 5.69. The zero-order chi connectivity index (χ0) is 6.53. The SMILES string of the molecule is C#CCCC1=CCCC1. The molecule has 0 aliphatic heterocycles. The van der Waals surface area contributed by atoms with Crippen molar-refractivity contribution in [3.8, 4) is 12.3 Å². The van der Waals surface area contributed by atoms with Gasteiger partial charge >= 0.3 is 0 Å². The summed E-state index contributed by atoms with van der Waals surface area (Å²) < 4.78 is 0. The van der Waals surface area contributed by atoms with E-state index in [4.69, 9.17) is 6.42 Å². The molecule has 0 unspecified atom stereocenters. The maximum Gasteiger partial charge on any atom is 0.0123 e. The molecule has 0 N–H and O–H groups in total. The third-order valence-electron chi connectivity index (χ3n) is 1.73. The van der Waals surface area contributed by atoms with Crippen LogP contribution in [0.4, 0.5) is 0 Å². The first-order valence-electron chi connectivity index (χ1n) is 3.55. The van der Waals surface area contributed by atoms with Gasteiger partial charge in [-0.15, -0.1) is 12.3 Å². The molecule has 1 aliphatic rings. The highest BCUT2D eigenvalue weighted by Crippen LogP contribution is 2.21. The fourth-order valence-corrected chi connectivity index (χ4v) is 1.20. The maximum atomic E-state index is 5.13. The van der Waals surface area contributed by atoms with Crippen LogP contribution in [0.15, 0.2) is 11.6 Å². The van der Waals surface area contributed by atoms with Crippen molar-refractivity contribution in [3.05, 3.63) is 11.6 Å². The van der Waals surface area contributed by atoms with Crippen molar-refractivity contribution in [2.75, 3.05) is 0 Å². The average Bonchev–Trinajstić information content (AvgIpc) is 2.34. The van der Waals surface area contributed by atoms with Crippen molar-refractivity contribution in [2.24, 2.45) is 0 Å². The first kappa shape index (κ1) is 6.42. The predicted molar refractivity (Wildman–Crippen MR) is 40.0 cm³/mol. The van der Waals surface area contributed by atoms with Crippen molar-refractivity contribution < 1.29 is 0 Å². The lowest BCUT2D eigenvalue weighted by Gasteiger charge is -1.93. The van der Waals surface area contributed by atoms with E-state index < -0.39 is 0 Å². The second-order valence-electron chi connectivity index (χ2n) is 2.46. The molecule has 1 aliphatic carbocycles. The molecule has 0 saturated carbocycles. The molecular formula is C9H12. The van der Waals surface area contributed by atoms with Crippen LogP contribution in [0, 0.1) is 12.3 Å². The summed E-state index contributed by atoms with van der Waals surface area (Å²) in [4.78, 5) is 0. The molecule has 0 aromatic rings. The first-order chi connectivity index (χ1) is 4.43. The molecule has 0 bridgehead atoms. The Kier molecular flexibility index (Phi) is 2.39. The molecule has 0 spiro atoms. The lowest BCUT2D eigenvalue weighted by molar-refractivity contribution is 0.862. The van der Waals surface area contributed by atoms with Crippen LogP contribution in [0.3, 0.4) is 0 Å². The maximum absolute atomic E-state index is 5.13. The molecule has 0 fully saturated rings. The molecule has 0 amide bonds. The molecule has 0 atom stereocenters. The quantitative estimate of drug-likeness (QED) is 0.388. The molecule has 0 nitrogen and oxygen atoms in total. The highest BCUT2D eigenvalue weighted by Gasteiger charge is 2.01. The Morgan fingerprint density at radius 3 is 3.11 bits per heavy atom. The van der Waals surface area contributed by atoms with Crippen LogP contribution in [0.5, 0.6) is 0 Å². The summed E-state index contributed by atoms with van der Waals surface area (Å²) in [5, 5.41) is 0. The zero-order valence-corrected chi connectivity index (χ0v) is 5.69. The Morgan fingerprint density at radius 1 is 1.67 bits per heavy atom.